The molecule has 0 saturated carbocycles. The summed E-state index contributed by atoms with van der Waals surface area (Å²) in [6.45, 7) is 3.81. The standard InChI is InChI=1S/C24H29N5O3/c30-23(28-13-15-32-16-14-28)20(19-7-2-1-3-8-19)17-26-24(31)25-11-6-12-29-18-27-21-9-4-5-10-22(21)29/h1-5,7-10,18,20H,6,11-17H2,(H2,25,26,31). The lowest BCUT2D eigenvalue weighted by Crippen LogP contribution is -2.46. The van der Waals surface area contributed by atoms with Crippen molar-refractivity contribution in [3.8, 4) is 0 Å². The number of hydrogen-bond donors (Lipinski definition) is 2. The summed E-state index contributed by atoms with van der Waals surface area (Å²) in [6, 6.07) is 17.3. The molecule has 1 saturated heterocycles. The molecule has 2 N–H and O–H groups in total. The van der Waals surface area contributed by atoms with Crippen molar-refractivity contribution in [2.45, 2.75) is 18.9 Å². The first-order valence-corrected chi connectivity index (χ1v) is 11.1. The van der Waals surface area contributed by atoms with Gasteiger partial charge in [0, 0.05) is 32.7 Å². The minimum atomic E-state index is -0.419. The summed E-state index contributed by atoms with van der Waals surface area (Å²) in [7, 11) is 0. The summed E-state index contributed by atoms with van der Waals surface area (Å²) >= 11 is 0. The smallest absolute Gasteiger partial charge is 0.314 e. The molecule has 0 bridgehead atoms. The largest absolute Gasteiger partial charge is 0.378 e. The van der Waals surface area contributed by atoms with E-state index >= 15 is 0 Å². The average molecular weight is 436 g/mol. The number of aryl methyl sites for hydroxylation is 1. The third-order valence-electron chi connectivity index (χ3n) is 5.68. The molecule has 8 heteroatoms. The van der Waals surface area contributed by atoms with Crippen molar-refractivity contribution in [3.63, 3.8) is 0 Å². The summed E-state index contributed by atoms with van der Waals surface area (Å²) in [6.07, 6.45) is 2.61. The van der Waals surface area contributed by atoms with Crippen molar-refractivity contribution < 1.29 is 14.3 Å². The van der Waals surface area contributed by atoms with Crippen molar-refractivity contribution in [2.24, 2.45) is 0 Å². The Hall–Kier alpha value is -3.39. The number of imidazole rings is 1. The van der Waals surface area contributed by atoms with Crippen molar-refractivity contribution >= 4 is 23.0 Å². The van der Waals surface area contributed by atoms with Gasteiger partial charge in [-0.3, -0.25) is 4.79 Å². The van der Waals surface area contributed by atoms with Gasteiger partial charge in [-0.25, -0.2) is 9.78 Å². The van der Waals surface area contributed by atoms with Gasteiger partial charge in [-0.1, -0.05) is 42.5 Å². The number of amides is 3. The molecule has 3 aromatic rings. The number of morpholine rings is 1. The maximum Gasteiger partial charge on any atom is 0.314 e. The first-order chi connectivity index (χ1) is 15.7. The number of hydrogen-bond acceptors (Lipinski definition) is 4. The second kappa shape index (κ2) is 10.8. The Morgan fingerprint density at radius 1 is 1.00 bits per heavy atom. The Balaban J connectivity index is 1.26. The van der Waals surface area contributed by atoms with Crippen LogP contribution in [0.1, 0.15) is 17.9 Å². The summed E-state index contributed by atoms with van der Waals surface area (Å²) < 4.78 is 7.44. The molecule has 1 fully saturated rings. The Morgan fingerprint density at radius 2 is 1.75 bits per heavy atom. The Kier molecular flexibility index (Phi) is 7.34. The van der Waals surface area contributed by atoms with Gasteiger partial charge < -0.3 is 24.8 Å². The molecular formula is C24H29N5O3. The first-order valence-electron chi connectivity index (χ1n) is 11.1. The van der Waals surface area contributed by atoms with Gasteiger partial charge in [-0.2, -0.15) is 0 Å². The number of nitrogens with one attached hydrogen (secondary N) is 2. The molecule has 0 spiro atoms. The summed E-state index contributed by atoms with van der Waals surface area (Å²) in [5.41, 5.74) is 2.95. The number of benzene rings is 2. The second-order valence-corrected chi connectivity index (χ2v) is 7.82. The highest BCUT2D eigenvalue weighted by molar-refractivity contribution is 5.85. The van der Waals surface area contributed by atoms with E-state index in [1.165, 1.54) is 0 Å². The Bertz CT molecular complexity index is 1030. The van der Waals surface area contributed by atoms with E-state index in [0.717, 1.165) is 29.6 Å². The minimum absolute atomic E-state index is 0.0202. The van der Waals surface area contributed by atoms with E-state index in [9.17, 15) is 9.59 Å². The van der Waals surface area contributed by atoms with Crippen LogP contribution >= 0.6 is 0 Å². The number of para-hydroxylation sites is 2. The zero-order chi connectivity index (χ0) is 22.2. The van der Waals surface area contributed by atoms with Crippen LogP contribution in [0, 0.1) is 0 Å². The lowest BCUT2D eigenvalue weighted by molar-refractivity contribution is -0.136. The van der Waals surface area contributed by atoms with Crippen LogP contribution in [0.25, 0.3) is 11.0 Å². The van der Waals surface area contributed by atoms with E-state index in [4.69, 9.17) is 4.74 Å². The van der Waals surface area contributed by atoms with E-state index < -0.39 is 5.92 Å². The van der Waals surface area contributed by atoms with Crippen molar-refractivity contribution in [2.75, 3.05) is 39.4 Å². The van der Waals surface area contributed by atoms with Gasteiger partial charge in [0.25, 0.3) is 0 Å². The van der Waals surface area contributed by atoms with E-state index in [-0.39, 0.29) is 18.5 Å². The number of fused-ring (bicyclic) bond motifs is 1. The molecule has 1 aliphatic rings. The molecule has 4 rings (SSSR count). The topological polar surface area (TPSA) is 88.5 Å². The van der Waals surface area contributed by atoms with Gasteiger partial charge in [0.1, 0.15) is 0 Å². The number of carbonyl (C=O) groups is 2. The predicted octanol–water partition coefficient (Wildman–Crippen LogP) is 2.37. The van der Waals surface area contributed by atoms with Gasteiger partial charge in [0.05, 0.1) is 36.5 Å². The third-order valence-corrected chi connectivity index (χ3v) is 5.68. The van der Waals surface area contributed by atoms with Gasteiger partial charge in [0.2, 0.25) is 5.91 Å². The van der Waals surface area contributed by atoms with Gasteiger partial charge in [-0.05, 0) is 24.1 Å². The zero-order valence-corrected chi connectivity index (χ0v) is 18.1. The molecule has 8 nitrogen and oxygen atoms in total. The van der Waals surface area contributed by atoms with Crippen molar-refractivity contribution in [1.29, 1.82) is 0 Å². The number of nitrogens with zero attached hydrogens (tertiary/aromatic N) is 3. The fourth-order valence-corrected chi connectivity index (χ4v) is 3.93. The van der Waals surface area contributed by atoms with Crippen LogP contribution in [0.5, 0.6) is 0 Å². The molecule has 2 aromatic carbocycles. The summed E-state index contributed by atoms with van der Waals surface area (Å²) in [5, 5.41) is 5.77. The molecule has 1 unspecified atom stereocenters. The third kappa shape index (κ3) is 5.45. The summed E-state index contributed by atoms with van der Waals surface area (Å²) in [4.78, 5) is 31.7. The van der Waals surface area contributed by atoms with Crippen LogP contribution in [0.3, 0.4) is 0 Å². The van der Waals surface area contributed by atoms with Crippen molar-refractivity contribution in [1.82, 2.24) is 25.1 Å². The number of rotatable bonds is 8. The van der Waals surface area contributed by atoms with Crippen LogP contribution in [0.15, 0.2) is 60.9 Å². The molecule has 3 amide bonds. The highest BCUT2D eigenvalue weighted by Gasteiger charge is 2.27. The quantitative estimate of drug-likeness (QED) is 0.532. The Labute approximate surface area is 187 Å². The molecule has 168 valence electrons. The van der Waals surface area contributed by atoms with Gasteiger partial charge >= 0.3 is 6.03 Å². The fourth-order valence-electron chi connectivity index (χ4n) is 3.93. The predicted molar refractivity (Wildman–Crippen MR) is 122 cm³/mol. The fraction of sp³-hybridized carbons (Fsp3) is 0.375. The van der Waals surface area contributed by atoms with Crippen LogP contribution in [-0.4, -0.2) is 65.8 Å². The second-order valence-electron chi connectivity index (χ2n) is 7.82. The van der Waals surface area contributed by atoms with Crippen LogP contribution in [0.2, 0.25) is 0 Å². The van der Waals surface area contributed by atoms with Crippen LogP contribution in [-0.2, 0) is 16.1 Å². The molecule has 1 aromatic heterocycles. The molecule has 0 aliphatic carbocycles. The number of ether oxygens (including phenoxy) is 1. The normalized spacial score (nSPS) is 14.8. The van der Waals surface area contributed by atoms with E-state index in [1.807, 2.05) is 65.8 Å². The molecular weight excluding hydrogens is 406 g/mol. The highest BCUT2D eigenvalue weighted by atomic mass is 16.5. The lowest BCUT2D eigenvalue weighted by Gasteiger charge is -2.30. The molecule has 1 atom stereocenters. The lowest BCUT2D eigenvalue weighted by atomic mass is 9.97. The number of aromatic nitrogens is 2. The molecule has 1 aliphatic heterocycles. The monoisotopic (exact) mass is 435 g/mol. The van der Waals surface area contributed by atoms with Crippen LogP contribution in [0.4, 0.5) is 4.79 Å². The zero-order valence-electron chi connectivity index (χ0n) is 18.1. The van der Waals surface area contributed by atoms with Gasteiger partial charge in [-0.15, -0.1) is 0 Å². The van der Waals surface area contributed by atoms with E-state index in [2.05, 4.69) is 20.2 Å². The highest BCUT2D eigenvalue weighted by Crippen LogP contribution is 2.19. The maximum atomic E-state index is 13.1. The minimum Gasteiger partial charge on any atom is -0.378 e. The summed E-state index contributed by atoms with van der Waals surface area (Å²) in [5.74, 6) is -0.399. The van der Waals surface area contributed by atoms with Gasteiger partial charge in [0.15, 0.2) is 0 Å². The van der Waals surface area contributed by atoms with Crippen LogP contribution < -0.4 is 10.6 Å². The van der Waals surface area contributed by atoms with Crippen molar-refractivity contribution in [3.05, 3.63) is 66.5 Å². The number of carbonyl (C=O) groups excluding carboxylic acids is 2. The van der Waals surface area contributed by atoms with E-state index in [1.54, 1.807) is 0 Å². The first kappa shape index (κ1) is 21.8. The molecule has 0 radical (unpaired) electrons. The average Bonchev–Trinajstić information content (AvgIpc) is 3.26. The van der Waals surface area contributed by atoms with E-state index in [0.29, 0.717) is 32.8 Å². The maximum absolute atomic E-state index is 13.1. The Morgan fingerprint density at radius 3 is 2.56 bits per heavy atom. The molecule has 32 heavy (non-hydrogen) atoms. The SMILES string of the molecule is O=C(NCCCn1cnc2ccccc21)NCC(C(=O)N1CCOCC1)c1ccccc1. The molecule has 2 heterocycles. The number of urea groups is 1.